The van der Waals surface area contributed by atoms with Crippen molar-refractivity contribution in [2.45, 2.75) is 25.9 Å². The summed E-state index contributed by atoms with van der Waals surface area (Å²) in [7, 11) is 0. The van der Waals surface area contributed by atoms with Crippen LogP contribution in [-0.4, -0.2) is 6.10 Å². The topological polar surface area (TPSA) is 12.5 Å². The van der Waals surface area contributed by atoms with E-state index in [1.807, 2.05) is 0 Å². The Bertz CT molecular complexity index is 86.2. The highest BCUT2D eigenvalue weighted by Gasteiger charge is 2.28. The summed E-state index contributed by atoms with van der Waals surface area (Å²) in [4.78, 5) is 0. The molecule has 0 aromatic carbocycles. The van der Waals surface area contributed by atoms with Crippen molar-refractivity contribution in [2.24, 2.45) is 0 Å². The van der Waals surface area contributed by atoms with Gasteiger partial charge in [-0.1, -0.05) is 19.9 Å². The van der Waals surface area contributed by atoms with Gasteiger partial charge in [0.1, 0.15) is 5.76 Å². The quantitative estimate of drug-likeness (QED) is 0.479. The van der Waals surface area contributed by atoms with Crippen LogP contribution in [0.1, 0.15) is 19.8 Å². The van der Waals surface area contributed by atoms with E-state index in [-0.39, 0.29) is 0 Å². The highest BCUT2D eigenvalue weighted by atomic mass is 16.6. The first-order valence-corrected chi connectivity index (χ1v) is 2.70. The van der Waals surface area contributed by atoms with Gasteiger partial charge in [-0.15, -0.1) is 0 Å². The van der Waals surface area contributed by atoms with Gasteiger partial charge >= 0.3 is 0 Å². The normalized spacial score (nSPS) is 27.0. The summed E-state index contributed by atoms with van der Waals surface area (Å²) in [5, 5.41) is 0. The summed E-state index contributed by atoms with van der Waals surface area (Å²) in [6.45, 7) is 5.79. The molecule has 0 aromatic rings. The Balaban J connectivity index is 2.09. The third-order valence-corrected chi connectivity index (χ3v) is 1.15. The molecule has 1 nitrogen and oxygen atoms in total. The van der Waals surface area contributed by atoms with Crippen LogP contribution in [-0.2, 0) is 4.74 Å². The van der Waals surface area contributed by atoms with Gasteiger partial charge in [0.05, 0.1) is 0 Å². The largest absolute Gasteiger partial charge is 0.484 e. The van der Waals surface area contributed by atoms with Gasteiger partial charge in [0.15, 0.2) is 6.10 Å². The van der Waals surface area contributed by atoms with E-state index >= 15 is 0 Å². The van der Waals surface area contributed by atoms with E-state index in [4.69, 9.17) is 4.74 Å². The van der Waals surface area contributed by atoms with Crippen LogP contribution in [0.15, 0.2) is 12.3 Å². The lowest BCUT2D eigenvalue weighted by molar-refractivity contribution is 0.411. The highest BCUT2D eigenvalue weighted by Crippen LogP contribution is 2.28. The predicted molar refractivity (Wildman–Crippen MR) is 28.9 cm³/mol. The van der Waals surface area contributed by atoms with Crippen LogP contribution in [0.5, 0.6) is 0 Å². The molecule has 0 amide bonds. The first-order valence-electron chi connectivity index (χ1n) is 2.70. The molecule has 1 saturated heterocycles. The number of ether oxygens (including phenoxy) is 1. The van der Waals surface area contributed by atoms with Gasteiger partial charge in [0.2, 0.25) is 0 Å². The molecule has 1 unspecified atom stereocenters. The smallest absolute Gasteiger partial charge is 0.154 e. The van der Waals surface area contributed by atoms with Crippen molar-refractivity contribution in [3.63, 3.8) is 0 Å². The first kappa shape index (κ1) is 4.69. The fourth-order valence-corrected chi connectivity index (χ4v) is 0.631. The predicted octanol–water partition coefficient (Wildman–Crippen LogP) is 1.70. The van der Waals surface area contributed by atoms with Crippen molar-refractivity contribution in [3.05, 3.63) is 12.3 Å². The zero-order valence-electron chi connectivity index (χ0n) is 4.61. The van der Waals surface area contributed by atoms with Gasteiger partial charge < -0.3 is 4.74 Å². The van der Waals surface area contributed by atoms with Crippen LogP contribution in [0.3, 0.4) is 0 Å². The maximum absolute atomic E-state index is 4.96. The average molecular weight is 98.1 g/mol. The molecule has 40 valence electrons. The minimum absolute atomic E-state index is 0.421. The zero-order valence-corrected chi connectivity index (χ0v) is 4.61. The Kier molecular flexibility index (Phi) is 1.05. The third-order valence-electron chi connectivity index (χ3n) is 1.15. The molecule has 0 saturated carbocycles. The van der Waals surface area contributed by atoms with Crippen molar-refractivity contribution < 1.29 is 4.74 Å². The molecule has 0 radical (unpaired) electrons. The number of hydrogen-bond donors (Lipinski definition) is 0. The summed E-state index contributed by atoms with van der Waals surface area (Å²) >= 11 is 0. The van der Waals surface area contributed by atoms with Crippen LogP contribution < -0.4 is 0 Å². The monoisotopic (exact) mass is 98.1 g/mol. The second-order valence-electron chi connectivity index (χ2n) is 1.86. The van der Waals surface area contributed by atoms with Gasteiger partial charge in [-0.05, 0) is 6.42 Å². The fraction of sp³-hybridized carbons (Fsp3) is 0.667. The number of hydrogen-bond acceptors (Lipinski definition) is 1. The van der Waals surface area contributed by atoms with Gasteiger partial charge in [-0.25, -0.2) is 0 Å². The molecule has 7 heavy (non-hydrogen) atoms. The first-order chi connectivity index (χ1) is 3.34. The van der Waals surface area contributed by atoms with Gasteiger partial charge in [0.25, 0.3) is 0 Å². The van der Waals surface area contributed by atoms with Crippen molar-refractivity contribution in [1.82, 2.24) is 0 Å². The summed E-state index contributed by atoms with van der Waals surface area (Å²) < 4.78 is 4.96. The standard InChI is InChI=1S/C6H10O/c1-3-4-6-5(2)7-6/h6H,2-4H2,1H3. The molecule has 0 N–H and O–H groups in total. The molecule has 1 aliphatic rings. The number of epoxide rings is 1. The van der Waals surface area contributed by atoms with E-state index in [1.165, 1.54) is 6.42 Å². The summed E-state index contributed by atoms with van der Waals surface area (Å²) in [6, 6.07) is 0. The molecular formula is C6H10O. The molecule has 1 heteroatoms. The minimum Gasteiger partial charge on any atom is -0.484 e. The second kappa shape index (κ2) is 1.57. The molecule has 1 heterocycles. The van der Waals surface area contributed by atoms with Crippen LogP contribution in [0.4, 0.5) is 0 Å². The molecule has 0 aromatic heterocycles. The van der Waals surface area contributed by atoms with Crippen molar-refractivity contribution in [2.75, 3.05) is 0 Å². The van der Waals surface area contributed by atoms with Gasteiger partial charge in [-0.2, -0.15) is 0 Å². The Hall–Kier alpha value is -0.460. The molecule has 0 spiro atoms. The third kappa shape index (κ3) is 0.952. The van der Waals surface area contributed by atoms with Gasteiger partial charge in [-0.3, -0.25) is 0 Å². The highest BCUT2D eigenvalue weighted by molar-refractivity contribution is 5.06. The Morgan fingerprint density at radius 3 is 2.57 bits per heavy atom. The van der Waals surface area contributed by atoms with Crippen molar-refractivity contribution in [3.8, 4) is 0 Å². The SMILES string of the molecule is C=C1OC1CCC. The van der Waals surface area contributed by atoms with Gasteiger partial charge in [0, 0.05) is 0 Å². The maximum Gasteiger partial charge on any atom is 0.154 e. The van der Waals surface area contributed by atoms with Crippen LogP contribution in [0.2, 0.25) is 0 Å². The molecular weight excluding hydrogens is 88.1 g/mol. The maximum atomic E-state index is 4.96. The van der Waals surface area contributed by atoms with Crippen LogP contribution in [0, 0.1) is 0 Å². The van der Waals surface area contributed by atoms with E-state index in [2.05, 4.69) is 13.5 Å². The molecule has 0 aliphatic carbocycles. The lowest BCUT2D eigenvalue weighted by Crippen LogP contribution is -1.78. The van der Waals surface area contributed by atoms with E-state index in [0.717, 1.165) is 12.2 Å². The van der Waals surface area contributed by atoms with E-state index in [1.54, 1.807) is 0 Å². The van der Waals surface area contributed by atoms with Crippen LogP contribution >= 0.6 is 0 Å². The lowest BCUT2D eigenvalue weighted by Gasteiger charge is -1.78. The van der Waals surface area contributed by atoms with Crippen LogP contribution in [0.25, 0.3) is 0 Å². The number of rotatable bonds is 2. The van der Waals surface area contributed by atoms with E-state index < -0.39 is 0 Å². The van der Waals surface area contributed by atoms with E-state index in [9.17, 15) is 0 Å². The molecule has 1 aliphatic heterocycles. The molecule has 0 bridgehead atoms. The average Bonchev–Trinajstić information content (AvgIpc) is 2.22. The minimum atomic E-state index is 0.421. The van der Waals surface area contributed by atoms with Crippen molar-refractivity contribution in [1.29, 1.82) is 0 Å². The summed E-state index contributed by atoms with van der Waals surface area (Å²) in [6.07, 6.45) is 2.77. The molecule has 1 fully saturated rings. The molecule has 1 atom stereocenters. The Labute approximate surface area is 44.0 Å². The summed E-state index contributed by atoms with van der Waals surface area (Å²) in [5.74, 6) is 0.974. The van der Waals surface area contributed by atoms with E-state index in [0.29, 0.717) is 6.10 Å². The Morgan fingerprint density at radius 2 is 2.43 bits per heavy atom. The Morgan fingerprint density at radius 1 is 1.86 bits per heavy atom. The second-order valence-corrected chi connectivity index (χ2v) is 1.86. The fourth-order valence-electron chi connectivity index (χ4n) is 0.631. The lowest BCUT2D eigenvalue weighted by atomic mass is 10.2. The van der Waals surface area contributed by atoms with Crippen molar-refractivity contribution >= 4 is 0 Å². The zero-order chi connectivity index (χ0) is 5.28. The molecule has 1 rings (SSSR count). The summed E-state index contributed by atoms with van der Waals surface area (Å²) in [5.41, 5.74) is 0.